The number of nitrogens with two attached hydrogens (primary N) is 1. The SMILES string of the molecule is CCCC(C)(N)C(=O)N(C)C(C)c1cc(F)ccc1F. The molecule has 1 aromatic carbocycles. The van der Waals surface area contributed by atoms with Crippen molar-refractivity contribution in [2.45, 2.75) is 45.2 Å². The number of hydrogen-bond donors (Lipinski definition) is 1. The smallest absolute Gasteiger partial charge is 0.242 e. The fraction of sp³-hybridized carbons (Fsp3) is 0.533. The predicted molar refractivity (Wildman–Crippen MR) is 75.0 cm³/mol. The van der Waals surface area contributed by atoms with E-state index in [0.29, 0.717) is 6.42 Å². The van der Waals surface area contributed by atoms with Crippen molar-refractivity contribution in [1.82, 2.24) is 4.90 Å². The predicted octanol–water partition coefficient (Wildman–Crippen LogP) is 3.00. The van der Waals surface area contributed by atoms with Crippen LogP contribution in [0, 0.1) is 11.6 Å². The molecule has 2 N–H and O–H groups in total. The fourth-order valence-electron chi connectivity index (χ4n) is 2.25. The molecule has 5 heteroatoms. The molecule has 0 aliphatic carbocycles. The number of rotatable bonds is 5. The number of benzene rings is 1. The van der Waals surface area contributed by atoms with Gasteiger partial charge >= 0.3 is 0 Å². The van der Waals surface area contributed by atoms with E-state index in [9.17, 15) is 13.6 Å². The molecular weight excluding hydrogens is 262 g/mol. The molecule has 0 bridgehead atoms. The highest BCUT2D eigenvalue weighted by atomic mass is 19.1. The van der Waals surface area contributed by atoms with Crippen LogP contribution >= 0.6 is 0 Å². The van der Waals surface area contributed by atoms with Crippen LogP contribution in [-0.4, -0.2) is 23.4 Å². The van der Waals surface area contributed by atoms with Crippen LogP contribution < -0.4 is 5.73 Å². The number of nitrogens with zero attached hydrogens (tertiary/aromatic N) is 1. The normalized spacial score (nSPS) is 15.6. The van der Waals surface area contributed by atoms with Gasteiger partial charge in [-0.25, -0.2) is 8.78 Å². The molecule has 1 rings (SSSR count). The van der Waals surface area contributed by atoms with Gasteiger partial charge in [0.2, 0.25) is 5.91 Å². The molecule has 20 heavy (non-hydrogen) atoms. The number of halogens is 2. The van der Waals surface area contributed by atoms with E-state index in [1.165, 1.54) is 4.90 Å². The topological polar surface area (TPSA) is 46.3 Å². The van der Waals surface area contributed by atoms with Crippen LogP contribution in [0.5, 0.6) is 0 Å². The van der Waals surface area contributed by atoms with Crippen LogP contribution in [0.1, 0.15) is 45.2 Å². The highest BCUT2D eigenvalue weighted by molar-refractivity contribution is 5.85. The Morgan fingerprint density at radius 2 is 2.05 bits per heavy atom. The van der Waals surface area contributed by atoms with E-state index in [1.54, 1.807) is 20.9 Å². The molecule has 0 spiro atoms. The van der Waals surface area contributed by atoms with Crippen molar-refractivity contribution in [2.75, 3.05) is 7.05 Å². The van der Waals surface area contributed by atoms with E-state index in [-0.39, 0.29) is 11.5 Å². The second-order valence-corrected chi connectivity index (χ2v) is 5.43. The Hall–Kier alpha value is -1.49. The fourth-order valence-corrected chi connectivity index (χ4v) is 2.25. The third-order valence-corrected chi connectivity index (χ3v) is 3.57. The van der Waals surface area contributed by atoms with Gasteiger partial charge in [-0.1, -0.05) is 13.3 Å². The number of carbonyl (C=O) groups is 1. The van der Waals surface area contributed by atoms with Gasteiger partial charge in [-0.15, -0.1) is 0 Å². The van der Waals surface area contributed by atoms with Gasteiger partial charge in [0, 0.05) is 12.6 Å². The standard InChI is InChI=1S/C15H22F2N2O/c1-5-8-15(3,18)14(20)19(4)10(2)12-9-11(16)6-7-13(12)17/h6-7,9-10H,5,8,18H2,1-4H3. The van der Waals surface area contributed by atoms with Crippen molar-refractivity contribution in [3.05, 3.63) is 35.4 Å². The molecule has 112 valence electrons. The number of hydrogen-bond acceptors (Lipinski definition) is 2. The minimum absolute atomic E-state index is 0.146. The molecule has 0 saturated carbocycles. The van der Waals surface area contributed by atoms with Gasteiger partial charge in [-0.05, 0) is 38.5 Å². The summed E-state index contributed by atoms with van der Waals surface area (Å²) in [6.45, 7) is 5.25. The quantitative estimate of drug-likeness (QED) is 0.903. The van der Waals surface area contributed by atoms with Crippen LogP contribution in [0.15, 0.2) is 18.2 Å². The summed E-state index contributed by atoms with van der Waals surface area (Å²) in [5.41, 5.74) is 5.14. The monoisotopic (exact) mass is 284 g/mol. The lowest BCUT2D eigenvalue weighted by atomic mass is 9.94. The number of amides is 1. The summed E-state index contributed by atoms with van der Waals surface area (Å²) in [5.74, 6) is -1.35. The number of carbonyl (C=O) groups excluding carboxylic acids is 1. The van der Waals surface area contributed by atoms with Gasteiger partial charge in [0.15, 0.2) is 0 Å². The van der Waals surface area contributed by atoms with Crippen molar-refractivity contribution >= 4 is 5.91 Å². The molecule has 2 unspecified atom stereocenters. The molecule has 2 atom stereocenters. The summed E-state index contributed by atoms with van der Waals surface area (Å²) in [4.78, 5) is 13.7. The maximum atomic E-state index is 13.8. The third-order valence-electron chi connectivity index (χ3n) is 3.57. The molecule has 0 aliphatic rings. The average Bonchev–Trinajstić information content (AvgIpc) is 2.39. The van der Waals surface area contributed by atoms with E-state index in [0.717, 1.165) is 24.6 Å². The Morgan fingerprint density at radius 1 is 1.45 bits per heavy atom. The highest BCUT2D eigenvalue weighted by Crippen LogP contribution is 2.25. The summed E-state index contributed by atoms with van der Waals surface area (Å²) in [5, 5.41) is 0. The number of likely N-dealkylation sites (N-methyl/N-ethyl adjacent to an activating group) is 1. The highest BCUT2D eigenvalue weighted by Gasteiger charge is 2.33. The molecule has 0 radical (unpaired) electrons. The molecule has 3 nitrogen and oxygen atoms in total. The van der Waals surface area contributed by atoms with Gasteiger partial charge in [0.25, 0.3) is 0 Å². The molecule has 0 fully saturated rings. The first kappa shape index (κ1) is 16.6. The summed E-state index contributed by atoms with van der Waals surface area (Å²) >= 11 is 0. The van der Waals surface area contributed by atoms with Crippen LogP contribution in [-0.2, 0) is 4.79 Å². The van der Waals surface area contributed by atoms with E-state index >= 15 is 0 Å². The summed E-state index contributed by atoms with van der Waals surface area (Å²) in [7, 11) is 1.55. The molecule has 1 aromatic rings. The van der Waals surface area contributed by atoms with Gasteiger partial charge in [-0.3, -0.25) is 4.79 Å². The molecule has 0 aromatic heterocycles. The Kier molecular flexibility index (Phi) is 5.22. The van der Waals surface area contributed by atoms with E-state index < -0.39 is 23.2 Å². The first-order chi connectivity index (χ1) is 9.20. The van der Waals surface area contributed by atoms with Crippen molar-refractivity contribution in [2.24, 2.45) is 5.73 Å². The maximum absolute atomic E-state index is 13.8. The van der Waals surface area contributed by atoms with Crippen LogP contribution in [0.2, 0.25) is 0 Å². The van der Waals surface area contributed by atoms with E-state index in [2.05, 4.69) is 0 Å². The van der Waals surface area contributed by atoms with E-state index in [1.807, 2.05) is 6.92 Å². The van der Waals surface area contributed by atoms with Gasteiger partial charge < -0.3 is 10.6 Å². The van der Waals surface area contributed by atoms with Crippen LogP contribution in [0.3, 0.4) is 0 Å². The van der Waals surface area contributed by atoms with E-state index in [4.69, 9.17) is 5.73 Å². The zero-order valence-electron chi connectivity index (χ0n) is 12.4. The molecule has 0 aliphatic heterocycles. The van der Waals surface area contributed by atoms with Gasteiger partial charge in [-0.2, -0.15) is 0 Å². The second-order valence-electron chi connectivity index (χ2n) is 5.43. The average molecular weight is 284 g/mol. The third kappa shape index (κ3) is 3.54. The lowest BCUT2D eigenvalue weighted by Crippen LogP contribution is -2.52. The molecule has 0 saturated heterocycles. The largest absolute Gasteiger partial charge is 0.337 e. The van der Waals surface area contributed by atoms with Crippen molar-refractivity contribution in [3.8, 4) is 0 Å². The first-order valence-corrected chi connectivity index (χ1v) is 6.71. The summed E-state index contributed by atoms with van der Waals surface area (Å²) < 4.78 is 27.0. The zero-order chi connectivity index (χ0) is 15.5. The molecule has 1 amide bonds. The lowest BCUT2D eigenvalue weighted by molar-refractivity contribution is -0.137. The summed E-state index contributed by atoms with van der Waals surface area (Å²) in [6.07, 6.45) is 1.31. The first-order valence-electron chi connectivity index (χ1n) is 6.71. The van der Waals surface area contributed by atoms with Crippen LogP contribution in [0.25, 0.3) is 0 Å². The van der Waals surface area contributed by atoms with Gasteiger partial charge in [0.05, 0.1) is 11.6 Å². The van der Waals surface area contributed by atoms with Crippen molar-refractivity contribution in [3.63, 3.8) is 0 Å². The lowest BCUT2D eigenvalue weighted by Gasteiger charge is -2.33. The molecular formula is C15H22F2N2O. The molecule has 0 heterocycles. The minimum atomic E-state index is -0.998. The minimum Gasteiger partial charge on any atom is -0.337 e. The zero-order valence-corrected chi connectivity index (χ0v) is 12.4. The Labute approximate surface area is 118 Å². The maximum Gasteiger partial charge on any atom is 0.242 e. The Balaban J connectivity index is 2.99. The van der Waals surface area contributed by atoms with Crippen LogP contribution in [0.4, 0.5) is 8.78 Å². The van der Waals surface area contributed by atoms with Crippen molar-refractivity contribution < 1.29 is 13.6 Å². The second kappa shape index (κ2) is 6.31. The Morgan fingerprint density at radius 3 is 2.60 bits per heavy atom. The Bertz CT molecular complexity index is 489. The van der Waals surface area contributed by atoms with Gasteiger partial charge in [0.1, 0.15) is 11.6 Å². The summed E-state index contributed by atoms with van der Waals surface area (Å²) in [6, 6.07) is 2.64. The van der Waals surface area contributed by atoms with Crippen molar-refractivity contribution in [1.29, 1.82) is 0 Å².